The van der Waals surface area contributed by atoms with E-state index in [0.29, 0.717) is 108 Å². The van der Waals surface area contributed by atoms with Crippen LogP contribution in [0.5, 0.6) is 11.5 Å². The molecule has 6 aliphatic carbocycles. The third-order valence-electron chi connectivity index (χ3n) is 25.9. The Balaban J connectivity index is 0.000000255. The van der Waals surface area contributed by atoms with Gasteiger partial charge in [0.15, 0.2) is 0 Å². The number of aromatic hydroxyl groups is 1. The van der Waals surface area contributed by atoms with Crippen LogP contribution in [0.4, 0.5) is 43.9 Å². The minimum Gasteiger partial charge on any atom is -0.508 e. The van der Waals surface area contributed by atoms with Gasteiger partial charge in [-0.1, -0.05) is 103 Å². The van der Waals surface area contributed by atoms with E-state index < -0.39 is 77.4 Å². The van der Waals surface area contributed by atoms with Crippen LogP contribution in [0.25, 0.3) is 0 Å². The molecule has 6 fully saturated rings. The van der Waals surface area contributed by atoms with Crippen molar-refractivity contribution in [1.29, 1.82) is 0 Å². The van der Waals surface area contributed by atoms with E-state index in [1.165, 1.54) is 22.3 Å². The van der Waals surface area contributed by atoms with E-state index in [1.807, 2.05) is 18.2 Å². The number of aliphatic carboxylic acids is 1. The first-order valence-electron chi connectivity index (χ1n) is 39.4. The molecule has 4 N–H and O–H groups in total. The summed E-state index contributed by atoms with van der Waals surface area (Å²) in [6, 6.07) is 12.3. The summed E-state index contributed by atoms with van der Waals surface area (Å²) in [6.45, 7) is 8.77. The second kappa shape index (κ2) is 40.5. The maximum absolute atomic E-state index is 13.1. The molecule has 2 aromatic rings. The number of unbranched alkanes of at least 4 members (excludes halogenated alkanes) is 12. The molecule has 2 aromatic carbocycles. The maximum atomic E-state index is 13.1. The van der Waals surface area contributed by atoms with Crippen LogP contribution in [-0.2, 0) is 44.0 Å². The fraction of sp³-hybridized carbons (Fsp3) is 0.825. The van der Waals surface area contributed by atoms with Crippen molar-refractivity contribution in [3.63, 3.8) is 0 Å². The number of phenolic OH excluding ortho intramolecular Hbond substituents is 1. The number of aliphatic hydroxyl groups is 2. The number of aliphatic hydroxyl groups excluding tert-OH is 2. The summed E-state index contributed by atoms with van der Waals surface area (Å²) < 4.78 is 156. The van der Waals surface area contributed by atoms with E-state index in [1.54, 1.807) is 0 Å². The monoisotopic (exact) mass is 1640 g/mol. The number of piperidine rings is 2. The number of carboxylic acids is 1. The smallest absolute Gasteiger partial charge is 0.453 e. The number of hydrogen-bond donors (Lipinski definition) is 4. The summed E-state index contributed by atoms with van der Waals surface area (Å²) in [5.74, 6) is -3.68. The fourth-order valence-corrected chi connectivity index (χ4v) is 22.2. The normalized spacial score (nSPS) is 28.7. The van der Waals surface area contributed by atoms with Gasteiger partial charge in [0.25, 0.3) is 0 Å². The number of rotatable bonds is 33. The van der Waals surface area contributed by atoms with Gasteiger partial charge in [0.05, 0.1) is 12.2 Å². The SMILES string of the molecule is CN1CCC(CC(=O)O)CC1.CN1CCC(CC(=O)Oc2ccc3c(c2)C[C@@H](CCCCCCCCCS(=O)CCCC(F)(F)C(F)(F)F)[C@@H]2[C@@H]3CC[C@]3(C)[C@@H](O)CC[C@@H]23)CC1.C[C@]12CC[C@@H]3c4ccc(O)cc4C[C@@H](CCCCCCCCCS(=O)CCCC(F)(F)C(F)(F)F)[C@H]3[C@@H]1CC[C@@H]2O.I. The van der Waals surface area contributed by atoms with Crippen molar-refractivity contribution in [2.24, 2.45) is 58.2 Å². The number of benzene rings is 2. The molecule has 0 radical (unpaired) electrons. The maximum Gasteiger partial charge on any atom is 0.453 e. The molecular formula is C80H123F10IN2O9S2. The second-order valence-corrected chi connectivity index (χ2v) is 36.5. The highest BCUT2D eigenvalue weighted by Crippen LogP contribution is 2.65. The van der Waals surface area contributed by atoms with Gasteiger partial charge in [-0.15, -0.1) is 24.0 Å². The number of alkyl halides is 10. The highest BCUT2D eigenvalue weighted by molar-refractivity contribution is 14.0. The Hall–Kier alpha value is -2.65. The van der Waals surface area contributed by atoms with Crippen LogP contribution in [0, 0.1) is 58.2 Å². The molecule has 11 nitrogen and oxygen atoms in total. The van der Waals surface area contributed by atoms with E-state index in [0.717, 1.165) is 206 Å². The zero-order valence-corrected chi connectivity index (χ0v) is 66.2. The number of carboxylic acid groups (broad SMARTS) is 1. The van der Waals surface area contributed by atoms with Gasteiger partial charge in [0.1, 0.15) is 11.5 Å². The molecule has 2 saturated heterocycles. The molecule has 0 bridgehead atoms. The molecular weight excluding hydrogens is 1510 g/mol. The molecule has 4 saturated carbocycles. The molecule has 8 aliphatic rings. The van der Waals surface area contributed by atoms with Crippen molar-refractivity contribution >= 4 is 57.5 Å². The lowest BCUT2D eigenvalue weighted by Crippen LogP contribution is -2.47. The fourth-order valence-electron chi connectivity index (χ4n) is 19.8. The van der Waals surface area contributed by atoms with Crippen molar-refractivity contribution in [3.8, 4) is 11.5 Å². The lowest BCUT2D eigenvalue weighted by atomic mass is 9.52. The largest absolute Gasteiger partial charge is 0.508 e. The van der Waals surface area contributed by atoms with Gasteiger partial charge in [0, 0.05) is 70.3 Å². The number of carbonyl (C=O) groups is 2. The minimum absolute atomic E-state index is 0. The number of halogens is 11. The van der Waals surface area contributed by atoms with E-state index in [-0.39, 0.29) is 64.5 Å². The molecule has 0 aromatic heterocycles. The standard InChI is InChI=1S/C40H60F5NO4S.C32H47F5O3S.C8H15NO2.HI/c1-38-20-16-33-32-13-12-31(50-36(48)25-28-17-21-46(2)22-18-28)27-30(32)26-29(37(33)34(38)14-15-35(38)47)11-8-6-4-3-5-7-9-23-51(49)24-10-19-39(41,42)40(43,44)45;1-30-17-15-26-25-12-11-24(38)21-23(25)20-22(29(26)27(30)13-14-28(30)39)10-7-5-3-2-4-6-8-18-41(40)19-9-16-31(33,34)32(35,36)37;1-9-4-2-7(3-5-9)6-8(10)11;/h12-13,27-29,33-35,37,47H,3-11,14-26H2,1-2H3;11-12,21-22,26-29,38-39H,2-10,13-20H2,1H3;7H,2-6H2,1H3,(H,10,11);1H/t29-,33-,34+,35+,37-,38+,51?;22-,26-,27+,28+,29-,30+,41?;;/m11../s1. The van der Waals surface area contributed by atoms with Crippen LogP contribution < -0.4 is 4.74 Å². The Morgan fingerprint density at radius 1 is 0.510 bits per heavy atom. The third kappa shape index (κ3) is 24.7. The number of hydrogen-bond acceptors (Lipinski definition) is 10. The van der Waals surface area contributed by atoms with Gasteiger partial charge in [-0.3, -0.25) is 18.0 Å². The van der Waals surface area contributed by atoms with Crippen LogP contribution in [0.3, 0.4) is 0 Å². The number of ether oxygens (including phenoxy) is 1. The number of phenols is 1. The zero-order valence-electron chi connectivity index (χ0n) is 62.2. The summed E-state index contributed by atoms with van der Waals surface area (Å²) in [7, 11) is 1.48. The topological polar surface area (TPSA) is 165 Å². The van der Waals surface area contributed by atoms with Crippen LogP contribution in [-0.4, -0.2) is 150 Å². The summed E-state index contributed by atoms with van der Waals surface area (Å²) in [4.78, 5) is 27.8. The number of esters is 1. The van der Waals surface area contributed by atoms with Crippen LogP contribution in [0.2, 0.25) is 0 Å². The molecule has 14 atom stereocenters. The van der Waals surface area contributed by atoms with Crippen molar-refractivity contribution < 1.29 is 87.1 Å². The highest BCUT2D eigenvalue weighted by Gasteiger charge is 2.60. The predicted molar refractivity (Wildman–Crippen MR) is 402 cm³/mol. The Labute approximate surface area is 635 Å². The van der Waals surface area contributed by atoms with Crippen molar-refractivity contribution in [2.75, 3.05) is 63.3 Å². The third-order valence-corrected chi connectivity index (χ3v) is 28.9. The Bertz CT molecular complexity index is 3020. The van der Waals surface area contributed by atoms with E-state index in [2.05, 4.69) is 55.9 Å². The summed E-state index contributed by atoms with van der Waals surface area (Å²) in [5, 5.41) is 40.5. The first-order chi connectivity index (χ1) is 48.7. The number of likely N-dealkylation sites (tertiary alicyclic amines) is 2. The molecule has 2 aliphatic heterocycles. The van der Waals surface area contributed by atoms with E-state index in [4.69, 9.17) is 9.84 Å². The Morgan fingerprint density at radius 2 is 0.885 bits per heavy atom. The number of nitrogens with zero attached hydrogens (tertiary/aromatic N) is 2. The van der Waals surface area contributed by atoms with Crippen molar-refractivity contribution in [1.82, 2.24) is 9.80 Å². The zero-order chi connectivity index (χ0) is 74.9. The molecule has 24 heteroatoms. The van der Waals surface area contributed by atoms with Crippen LogP contribution in [0.1, 0.15) is 266 Å². The first-order valence-corrected chi connectivity index (χ1v) is 42.4. The lowest BCUT2D eigenvalue weighted by Gasteiger charge is -2.53. The molecule has 2 heterocycles. The summed E-state index contributed by atoms with van der Waals surface area (Å²) in [5.41, 5.74) is 5.44. The minimum atomic E-state index is -5.55. The second-order valence-electron chi connectivity index (χ2n) is 33.1. The highest BCUT2D eigenvalue weighted by atomic mass is 127. The van der Waals surface area contributed by atoms with Gasteiger partial charge in [-0.2, -0.15) is 43.9 Å². The van der Waals surface area contributed by atoms with E-state index in [9.17, 15) is 77.2 Å². The average Bonchev–Trinajstić information content (AvgIpc) is 1.45. The lowest BCUT2D eigenvalue weighted by molar-refractivity contribution is -0.284. The first kappa shape index (κ1) is 88.6. The molecule has 0 spiro atoms. The summed E-state index contributed by atoms with van der Waals surface area (Å²) in [6.07, 6.45) is 16.6. The van der Waals surface area contributed by atoms with E-state index >= 15 is 0 Å². The van der Waals surface area contributed by atoms with Crippen LogP contribution in [0.15, 0.2) is 36.4 Å². The predicted octanol–water partition coefficient (Wildman–Crippen LogP) is 19.7. The summed E-state index contributed by atoms with van der Waals surface area (Å²) >= 11 is 0. The van der Waals surface area contributed by atoms with Crippen molar-refractivity contribution in [3.05, 3.63) is 58.7 Å². The quantitative estimate of drug-likeness (QED) is 0.0177. The Morgan fingerprint density at radius 3 is 1.30 bits per heavy atom. The number of carbonyl (C=O) groups excluding carboxylic acids is 1. The molecule has 2 unspecified atom stereocenters. The van der Waals surface area contributed by atoms with Gasteiger partial charge in [-0.05, 0) is 285 Å². The number of fused-ring (bicyclic) bond motifs is 10. The van der Waals surface area contributed by atoms with Gasteiger partial charge >= 0.3 is 36.1 Å². The van der Waals surface area contributed by atoms with Crippen molar-refractivity contribution in [2.45, 2.75) is 293 Å². The van der Waals surface area contributed by atoms with Gasteiger partial charge in [0.2, 0.25) is 0 Å². The average molecular weight is 1640 g/mol. The molecule has 596 valence electrons. The van der Waals surface area contributed by atoms with Gasteiger partial charge in [-0.25, -0.2) is 0 Å². The molecule has 104 heavy (non-hydrogen) atoms. The van der Waals surface area contributed by atoms with Crippen LogP contribution >= 0.6 is 24.0 Å². The molecule has 10 rings (SSSR count). The molecule has 0 amide bonds. The van der Waals surface area contributed by atoms with Gasteiger partial charge < -0.3 is 35.0 Å². The Kier molecular flexibility index (Phi) is 34.5.